The monoisotopic (exact) mass is 320 g/mol. The third kappa shape index (κ3) is 2.96. The summed E-state index contributed by atoms with van der Waals surface area (Å²) < 4.78 is 6.66. The van der Waals surface area contributed by atoms with Crippen molar-refractivity contribution in [3.05, 3.63) is 82.3 Å². The predicted octanol–water partition coefficient (Wildman–Crippen LogP) is 2.78. The van der Waals surface area contributed by atoms with E-state index in [9.17, 15) is 9.59 Å². The van der Waals surface area contributed by atoms with E-state index in [0.29, 0.717) is 29.0 Å². The van der Waals surface area contributed by atoms with Gasteiger partial charge in [-0.3, -0.25) is 9.59 Å². The lowest BCUT2D eigenvalue weighted by Crippen LogP contribution is -2.25. The van der Waals surface area contributed by atoms with E-state index in [2.05, 4.69) is 5.10 Å². The summed E-state index contributed by atoms with van der Waals surface area (Å²) >= 11 is 0. The van der Waals surface area contributed by atoms with E-state index >= 15 is 0 Å². The van der Waals surface area contributed by atoms with Crippen LogP contribution >= 0.6 is 0 Å². The van der Waals surface area contributed by atoms with Crippen molar-refractivity contribution in [1.82, 2.24) is 9.78 Å². The maximum atomic E-state index is 12.9. The lowest BCUT2D eigenvalue weighted by atomic mass is 10.0. The molecule has 0 unspecified atom stereocenters. The fourth-order valence-electron chi connectivity index (χ4n) is 2.57. The van der Waals surface area contributed by atoms with Crippen molar-refractivity contribution in [3.63, 3.8) is 0 Å². The fraction of sp³-hybridized carbons (Fsp3) is 0.105. The third-order valence-electron chi connectivity index (χ3n) is 3.76. The topological polar surface area (TPSA) is 61.2 Å². The van der Waals surface area contributed by atoms with Crippen LogP contribution in [0.4, 0.5) is 0 Å². The van der Waals surface area contributed by atoms with E-state index in [4.69, 9.17) is 4.74 Å². The SMILES string of the molecule is COc1cnn(Cc2ccccc2)c(=O)c1-c1ccccc1C=O. The molecule has 0 saturated heterocycles. The molecule has 0 bridgehead atoms. The molecule has 0 fully saturated rings. The standard InChI is InChI=1S/C19H16N2O3/c1-24-17-11-20-21(12-14-7-3-2-4-8-14)19(23)18(17)16-10-6-5-9-15(16)13-22/h2-11,13H,12H2,1H3. The van der Waals surface area contributed by atoms with Crippen molar-refractivity contribution in [1.29, 1.82) is 0 Å². The number of hydrogen-bond acceptors (Lipinski definition) is 4. The van der Waals surface area contributed by atoms with E-state index in [1.807, 2.05) is 30.3 Å². The van der Waals surface area contributed by atoms with E-state index in [-0.39, 0.29) is 5.56 Å². The number of rotatable bonds is 5. The smallest absolute Gasteiger partial charge is 0.278 e. The van der Waals surface area contributed by atoms with Gasteiger partial charge in [0.1, 0.15) is 0 Å². The highest BCUT2D eigenvalue weighted by molar-refractivity contribution is 5.88. The molecule has 5 nitrogen and oxygen atoms in total. The van der Waals surface area contributed by atoms with Gasteiger partial charge in [-0.1, -0.05) is 54.6 Å². The van der Waals surface area contributed by atoms with Crippen molar-refractivity contribution in [2.24, 2.45) is 0 Å². The minimum atomic E-state index is -0.299. The van der Waals surface area contributed by atoms with Crippen LogP contribution < -0.4 is 10.3 Å². The molecule has 0 N–H and O–H groups in total. The highest BCUT2D eigenvalue weighted by Gasteiger charge is 2.17. The summed E-state index contributed by atoms with van der Waals surface area (Å²) in [5.74, 6) is 0.346. The second-order valence-corrected chi connectivity index (χ2v) is 5.24. The molecule has 1 heterocycles. The average molecular weight is 320 g/mol. The maximum Gasteiger partial charge on any atom is 0.278 e. The van der Waals surface area contributed by atoms with Crippen LogP contribution in [0.1, 0.15) is 15.9 Å². The van der Waals surface area contributed by atoms with Crippen LogP contribution in [-0.2, 0) is 6.54 Å². The molecular formula is C19H16N2O3. The molecule has 0 spiro atoms. The van der Waals surface area contributed by atoms with Crippen LogP contribution in [0.3, 0.4) is 0 Å². The molecule has 0 radical (unpaired) electrons. The number of benzene rings is 2. The molecule has 0 saturated carbocycles. The van der Waals surface area contributed by atoms with Gasteiger partial charge < -0.3 is 4.74 Å². The predicted molar refractivity (Wildman–Crippen MR) is 91.4 cm³/mol. The summed E-state index contributed by atoms with van der Waals surface area (Å²) in [5.41, 5.74) is 1.98. The summed E-state index contributed by atoms with van der Waals surface area (Å²) in [6, 6.07) is 16.5. The van der Waals surface area contributed by atoms with Crippen LogP contribution in [0.2, 0.25) is 0 Å². The molecule has 2 aromatic carbocycles. The molecule has 24 heavy (non-hydrogen) atoms. The Morgan fingerprint density at radius 3 is 2.50 bits per heavy atom. The third-order valence-corrected chi connectivity index (χ3v) is 3.76. The van der Waals surface area contributed by atoms with Gasteiger partial charge in [0.25, 0.3) is 5.56 Å². The van der Waals surface area contributed by atoms with Crippen molar-refractivity contribution in [3.8, 4) is 16.9 Å². The molecule has 0 amide bonds. The van der Waals surface area contributed by atoms with Gasteiger partial charge in [-0.05, 0) is 5.56 Å². The van der Waals surface area contributed by atoms with Gasteiger partial charge in [-0.25, -0.2) is 4.68 Å². The Labute approximate surface area is 139 Å². The molecule has 0 atom stereocenters. The first-order valence-electron chi connectivity index (χ1n) is 7.47. The van der Waals surface area contributed by atoms with Crippen LogP contribution in [-0.4, -0.2) is 23.2 Å². The van der Waals surface area contributed by atoms with Crippen molar-refractivity contribution < 1.29 is 9.53 Å². The first-order chi connectivity index (χ1) is 11.7. The highest BCUT2D eigenvalue weighted by atomic mass is 16.5. The number of aromatic nitrogens is 2. The van der Waals surface area contributed by atoms with Gasteiger partial charge in [-0.15, -0.1) is 0 Å². The minimum Gasteiger partial charge on any atom is -0.494 e. The molecular weight excluding hydrogens is 304 g/mol. The summed E-state index contributed by atoms with van der Waals surface area (Å²) in [6.45, 7) is 0.347. The average Bonchev–Trinajstić information content (AvgIpc) is 2.64. The molecule has 1 aromatic heterocycles. The zero-order chi connectivity index (χ0) is 16.9. The van der Waals surface area contributed by atoms with Gasteiger partial charge in [0.15, 0.2) is 12.0 Å². The highest BCUT2D eigenvalue weighted by Crippen LogP contribution is 2.27. The molecule has 3 rings (SSSR count). The Kier molecular flexibility index (Phi) is 4.52. The van der Waals surface area contributed by atoms with Crippen molar-refractivity contribution in [2.45, 2.75) is 6.54 Å². The number of nitrogens with zero attached hydrogens (tertiary/aromatic N) is 2. The van der Waals surface area contributed by atoms with Gasteiger partial charge in [0.2, 0.25) is 0 Å². The molecule has 5 heteroatoms. The zero-order valence-electron chi connectivity index (χ0n) is 13.2. The maximum absolute atomic E-state index is 12.9. The van der Waals surface area contributed by atoms with Crippen LogP contribution in [0.15, 0.2) is 65.6 Å². The minimum absolute atomic E-state index is 0.299. The Balaban J connectivity index is 2.16. The second kappa shape index (κ2) is 6.91. The van der Waals surface area contributed by atoms with Gasteiger partial charge in [0, 0.05) is 11.1 Å². The first kappa shape index (κ1) is 15.7. The Morgan fingerprint density at radius 1 is 1.08 bits per heavy atom. The Bertz CT molecular complexity index is 917. The summed E-state index contributed by atoms with van der Waals surface area (Å²) in [5, 5.41) is 4.18. The van der Waals surface area contributed by atoms with Crippen LogP contribution in [0, 0.1) is 0 Å². The van der Waals surface area contributed by atoms with Gasteiger partial charge in [0.05, 0.1) is 25.4 Å². The van der Waals surface area contributed by atoms with Gasteiger partial charge >= 0.3 is 0 Å². The number of hydrogen-bond donors (Lipinski definition) is 0. The summed E-state index contributed by atoms with van der Waals surface area (Å²) in [7, 11) is 1.48. The van der Waals surface area contributed by atoms with Crippen molar-refractivity contribution in [2.75, 3.05) is 7.11 Å². The Morgan fingerprint density at radius 2 is 1.79 bits per heavy atom. The van der Waals surface area contributed by atoms with Crippen LogP contribution in [0.5, 0.6) is 5.75 Å². The molecule has 3 aromatic rings. The van der Waals surface area contributed by atoms with E-state index in [1.54, 1.807) is 24.3 Å². The Hall–Kier alpha value is -3.21. The number of aldehydes is 1. The molecule has 0 aliphatic heterocycles. The molecule has 0 aliphatic rings. The van der Waals surface area contributed by atoms with Gasteiger partial charge in [-0.2, -0.15) is 5.10 Å². The number of carbonyl (C=O) groups excluding carboxylic acids is 1. The summed E-state index contributed by atoms with van der Waals surface area (Å²) in [4.78, 5) is 24.2. The number of ether oxygens (including phenoxy) is 1. The molecule has 120 valence electrons. The summed E-state index contributed by atoms with van der Waals surface area (Å²) in [6.07, 6.45) is 2.23. The molecule has 0 aliphatic carbocycles. The normalized spacial score (nSPS) is 10.4. The second-order valence-electron chi connectivity index (χ2n) is 5.24. The van der Waals surface area contributed by atoms with Crippen molar-refractivity contribution >= 4 is 6.29 Å². The lowest BCUT2D eigenvalue weighted by Gasteiger charge is -2.12. The lowest BCUT2D eigenvalue weighted by molar-refractivity contribution is 0.112. The zero-order valence-corrected chi connectivity index (χ0v) is 13.2. The number of carbonyl (C=O) groups is 1. The first-order valence-corrected chi connectivity index (χ1v) is 7.47. The number of methoxy groups -OCH3 is 1. The quantitative estimate of drug-likeness (QED) is 0.678. The van der Waals surface area contributed by atoms with Crippen LogP contribution in [0.25, 0.3) is 11.1 Å². The van der Waals surface area contributed by atoms with E-state index in [0.717, 1.165) is 11.8 Å². The van der Waals surface area contributed by atoms with E-state index < -0.39 is 0 Å². The van der Waals surface area contributed by atoms with E-state index in [1.165, 1.54) is 18.0 Å². The fourth-order valence-corrected chi connectivity index (χ4v) is 2.57. The largest absolute Gasteiger partial charge is 0.494 e.